The van der Waals surface area contributed by atoms with E-state index in [1.807, 2.05) is 0 Å². The second kappa shape index (κ2) is 5.78. The van der Waals surface area contributed by atoms with Crippen molar-refractivity contribution >= 4 is 8.96 Å². The van der Waals surface area contributed by atoms with Crippen molar-refractivity contribution < 1.29 is 0 Å². The summed E-state index contributed by atoms with van der Waals surface area (Å²) in [5, 5.41) is 0.493. The second-order valence-electron chi connectivity index (χ2n) is 4.75. The molecule has 0 aromatic heterocycles. The van der Waals surface area contributed by atoms with Crippen LogP contribution in [0.15, 0.2) is 0 Å². The van der Waals surface area contributed by atoms with Crippen LogP contribution in [-0.4, -0.2) is 33.6 Å². The minimum atomic E-state index is -0.766. The number of hydrogen-bond acceptors (Lipinski definition) is 2. The molecular weight excluding hydrogens is 176 g/mol. The SMILES string of the molecule is CCN(CC)CN[SiH](C)C(C)(C)C. The van der Waals surface area contributed by atoms with Crippen molar-refractivity contribution in [3.63, 3.8) is 0 Å². The fourth-order valence-electron chi connectivity index (χ4n) is 1.02. The van der Waals surface area contributed by atoms with Gasteiger partial charge in [-0.15, -0.1) is 0 Å². The van der Waals surface area contributed by atoms with E-state index in [1.54, 1.807) is 0 Å². The summed E-state index contributed by atoms with van der Waals surface area (Å²) >= 11 is 0. The molecule has 1 atom stereocenters. The molecule has 1 N–H and O–H groups in total. The fraction of sp³-hybridized carbons (Fsp3) is 1.00. The zero-order chi connectivity index (χ0) is 10.5. The standard InChI is InChI=1S/C10H26N2Si/c1-7-12(8-2)9-11-13(6)10(3,4)5/h11,13H,7-9H2,1-6H3. The number of nitrogens with one attached hydrogen (secondary N) is 1. The van der Waals surface area contributed by atoms with Crippen LogP contribution < -0.4 is 4.98 Å². The van der Waals surface area contributed by atoms with Crippen LogP contribution in [0.3, 0.4) is 0 Å². The van der Waals surface area contributed by atoms with E-state index in [0.29, 0.717) is 5.04 Å². The summed E-state index contributed by atoms with van der Waals surface area (Å²) in [5.74, 6) is 0. The Balaban J connectivity index is 3.75. The zero-order valence-electron chi connectivity index (χ0n) is 10.1. The van der Waals surface area contributed by atoms with Gasteiger partial charge in [0, 0.05) is 6.67 Å². The second-order valence-corrected chi connectivity index (χ2v) is 8.34. The van der Waals surface area contributed by atoms with Gasteiger partial charge in [-0.25, -0.2) is 0 Å². The van der Waals surface area contributed by atoms with E-state index in [1.165, 1.54) is 0 Å². The highest BCUT2D eigenvalue weighted by molar-refractivity contribution is 6.57. The minimum absolute atomic E-state index is 0.493. The molecule has 0 fully saturated rings. The number of nitrogens with zero attached hydrogens (tertiary/aromatic N) is 1. The molecule has 0 rings (SSSR count). The summed E-state index contributed by atoms with van der Waals surface area (Å²) < 4.78 is 0. The van der Waals surface area contributed by atoms with Crippen LogP contribution in [0.1, 0.15) is 34.6 Å². The van der Waals surface area contributed by atoms with Crippen molar-refractivity contribution in [2.24, 2.45) is 0 Å². The maximum absolute atomic E-state index is 3.69. The largest absolute Gasteiger partial charge is 0.327 e. The molecule has 0 radical (unpaired) electrons. The van der Waals surface area contributed by atoms with Gasteiger partial charge in [-0.1, -0.05) is 41.2 Å². The zero-order valence-corrected chi connectivity index (χ0v) is 11.3. The molecule has 3 heteroatoms. The molecule has 0 aliphatic rings. The molecule has 13 heavy (non-hydrogen) atoms. The molecule has 1 unspecified atom stereocenters. The van der Waals surface area contributed by atoms with Gasteiger partial charge >= 0.3 is 0 Å². The Kier molecular flexibility index (Phi) is 5.84. The van der Waals surface area contributed by atoms with E-state index in [9.17, 15) is 0 Å². The Hall–Kier alpha value is 0.137. The molecule has 0 bridgehead atoms. The molecule has 0 spiro atoms. The Morgan fingerprint density at radius 2 is 1.62 bits per heavy atom. The highest BCUT2D eigenvalue weighted by atomic mass is 28.3. The first-order chi connectivity index (χ1) is 5.91. The van der Waals surface area contributed by atoms with Gasteiger partial charge < -0.3 is 4.98 Å². The van der Waals surface area contributed by atoms with E-state index in [2.05, 4.69) is 51.0 Å². The fourth-order valence-corrected chi connectivity index (χ4v) is 2.16. The normalized spacial score (nSPS) is 15.0. The average molecular weight is 202 g/mol. The summed E-state index contributed by atoms with van der Waals surface area (Å²) in [6, 6.07) is 0. The Morgan fingerprint density at radius 3 is 1.92 bits per heavy atom. The van der Waals surface area contributed by atoms with E-state index >= 15 is 0 Å². The van der Waals surface area contributed by atoms with E-state index in [4.69, 9.17) is 0 Å². The Morgan fingerprint density at radius 1 is 1.15 bits per heavy atom. The molecular formula is C10H26N2Si. The minimum Gasteiger partial charge on any atom is -0.327 e. The van der Waals surface area contributed by atoms with Crippen LogP contribution >= 0.6 is 0 Å². The van der Waals surface area contributed by atoms with Gasteiger partial charge in [0.2, 0.25) is 0 Å². The van der Waals surface area contributed by atoms with Crippen molar-refractivity contribution in [2.75, 3.05) is 19.8 Å². The smallest absolute Gasteiger partial charge is 0.112 e. The summed E-state index contributed by atoms with van der Waals surface area (Å²) in [4.78, 5) is 6.12. The van der Waals surface area contributed by atoms with Crippen molar-refractivity contribution in [3.05, 3.63) is 0 Å². The lowest BCUT2D eigenvalue weighted by molar-refractivity contribution is 0.298. The van der Waals surface area contributed by atoms with Gasteiger partial charge in [-0.2, -0.15) is 0 Å². The maximum Gasteiger partial charge on any atom is 0.112 e. The quantitative estimate of drug-likeness (QED) is 0.542. The molecule has 0 saturated carbocycles. The Bertz CT molecular complexity index is 127. The predicted molar refractivity (Wildman–Crippen MR) is 63.7 cm³/mol. The molecule has 0 aliphatic carbocycles. The molecule has 80 valence electrons. The van der Waals surface area contributed by atoms with Gasteiger partial charge in [-0.3, -0.25) is 4.90 Å². The highest BCUT2D eigenvalue weighted by Crippen LogP contribution is 2.24. The van der Waals surface area contributed by atoms with E-state index < -0.39 is 8.96 Å². The Labute approximate surface area is 85.4 Å². The summed E-state index contributed by atoms with van der Waals surface area (Å²) in [5.41, 5.74) is 0. The summed E-state index contributed by atoms with van der Waals surface area (Å²) in [7, 11) is -0.766. The molecule has 0 aromatic rings. The third-order valence-electron chi connectivity index (χ3n) is 2.81. The highest BCUT2D eigenvalue weighted by Gasteiger charge is 2.21. The monoisotopic (exact) mass is 202 g/mol. The first-order valence-electron chi connectivity index (χ1n) is 5.37. The average Bonchev–Trinajstić information content (AvgIpc) is 2.04. The third kappa shape index (κ3) is 5.44. The van der Waals surface area contributed by atoms with Crippen LogP contribution in [-0.2, 0) is 0 Å². The molecule has 2 nitrogen and oxygen atoms in total. The van der Waals surface area contributed by atoms with E-state index in [-0.39, 0.29) is 0 Å². The molecule has 0 aromatic carbocycles. The lowest BCUT2D eigenvalue weighted by Gasteiger charge is -2.29. The first kappa shape index (κ1) is 13.1. The molecule has 0 amide bonds. The molecule has 0 saturated heterocycles. The van der Waals surface area contributed by atoms with Crippen LogP contribution in [0.4, 0.5) is 0 Å². The van der Waals surface area contributed by atoms with Crippen molar-refractivity contribution in [1.82, 2.24) is 9.88 Å². The van der Waals surface area contributed by atoms with Gasteiger partial charge in [0.1, 0.15) is 8.96 Å². The first-order valence-corrected chi connectivity index (χ1v) is 7.68. The number of hydrogen-bond donors (Lipinski definition) is 1. The van der Waals surface area contributed by atoms with Crippen LogP contribution in [0, 0.1) is 0 Å². The van der Waals surface area contributed by atoms with Gasteiger partial charge in [0.25, 0.3) is 0 Å². The molecule has 0 heterocycles. The van der Waals surface area contributed by atoms with Gasteiger partial charge in [0.05, 0.1) is 0 Å². The maximum atomic E-state index is 3.69. The van der Waals surface area contributed by atoms with Crippen molar-refractivity contribution in [3.8, 4) is 0 Å². The van der Waals surface area contributed by atoms with Gasteiger partial charge in [-0.05, 0) is 18.1 Å². The summed E-state index contributed by atoms with van der Waals surface area (Å²) in [6.07, 6.45) is 0. The van der Waals surface area contributed by atoms with Crippen LogP contribution in [0.25, 0.3) is 0 Å². The van der Waals surface area contributed by atoms with Crippen LogP contribution in [0.2, 0.25) is 11.6 Å². The van der Waals surface area contributed by atoms with Crippen molar-refractivity contribution in [2.45, 2.75) is 46.2 Å². The van der Waals surface area contributed by atoms with Crippen LogP contribution in [0.5, 0.6) is 0 Å². The predicted octanol–water partition coefficient (Wildman–Crippen LogP) is 2.03. The van der Waals surface area contributed by atoms with E-state index in [0.717, 1.165) is 19.8 Å². The lowest BCUT2D eigenvalue weighted by atomic mass is 10.3. The topological polar surface area (TPSA) is 15.3 Å². The molecule has 0 aliphatic heterocycles. The van der Waals surface area contributed by atoms with Crippen molar-refractivity contribution in [1.29, 1.82) is 0 Å². The lowest BCUT2D eigenvalue weighted by Crippen LogP contribution is -2.45. The summed E-state index contributed by atoms with van der Waals surface area (Å²) in [6.45, 7) is 17.2. The van der Waals surface area contributed by atoms with Gasteiger partial charge in [0.15, 0.2) is 0 Å². The number of rotatable bonds is 5. The third-order valence-corrected chi connectivity index (χ3v) is 6.21.